The van der Waals surface area contributed by atoms with Crippen molar-refractivity contribution in [3.8, 4) is 5.69 Å². The largest absolute Gasteiger partial charge is 0.355 e. The minimum atomic E-state index is 0.122. The lowest BCUT2D eigenvalue weighted by Gasteiger charge is -2.23. The van der Waals surface area contributed by atoms with Crippen LogP contribution in [0.2, 0.25) is 0 Å². The first kappa shape index (κ1) is 12.7. The predicted octanol–water partition coefficient (Wildman–Crippen LogP) is 0.0305. The summed E-state index contributed by atoms with van der Waals surface area (Å²) in [6.07, 6.45) is 1.42. The topological polar surface area (TPSA) is 84.7 Å². The third kappa shape index (κ3) is 2.83. The Balaban J connectivity index is 1.64. The summed E-state index contributed by atoms with van der Waals surface area (Å²) >= 11 is 0. The molecule has 1 aliphatic heterocycles. The van der Waals surface area contributed by atoms with E-state index in [9.17, 15) is 4.79 Å². The molecule has 0 spiro atoms. The van der Waals surface area contributed by atoms with Gasteiger partial charge in [-0.3, -0.25) is 4.79 Å². The predicted molar refractivity (Wildman–Crippen MR) is 72.0 cm³/mol. The van der Waals surface area contributed by atoms with E-state index in [2.05, 4.69) is 26.2 Å². The molecule has 2 N–H and O–H groups in total. The Morgan fingerprint density at radius 1 is 1.35 bits per heavy atom. The molecular formula is C13H16N6O. The highest BCUT2D eigenvalue weighted by Crippen LogP contribution is 2.08. The number of carbonyl (C=O) groups is 1. The smallest absolute Gasteiger partial charge is 0.220 e. The fourth-order valence-corrected chi connectivity index (χ4v) is 2.23. The van der Waals surface area contributed by atoms with E-state index in [0.29, 0.717) is 19.5 Å². The van der Waals surface area contributed by atoms with E-state index in [-0.39, 0.29) is 11.9 Å². The van der Waals surface area contributed by atoms with Crippen LogP contribution >= 0.6 is 0 Å². The van der Waals surface area contributed by atoms with E-state index in [1.54, 1.807) is 4.68 Å². The summed E-state index contributed by atoms with van der Waals surface area (Å²) in [6, 6.07) is 10.0. The summed E-state index contributed by atoms with van der Waals surface area (Å²) in [5, 5.41) is 18.0. The lowest BCUT2D eigenvalue weighted by Crippen LogP contribution is -2.45. The van der Waals surface area contributed by atoms with Gasteiger partial charge in [-0.25, -0.2) is 0 Å². The number of rotatable bonds is 4. The minimum absolute atomic E-state index is 0.122. The molecule has 3 rings (SSSR count). The van der Waals surface area contributed by atoms with Crippen molar-refractivity contribution < 1.29 is 4.79 Å². The monoisotopic (exact) mass is 272 g/mol. The first-order valence-corrected chi connectivity index (χ1v) is 6.66. The highest BCUT2D eigenvalue weighted by molar-refractivity contribution is 5.76. The highest BCUT2D eigenvalue weighted by atomic mass is 16.1. The molecule has 1 aromatic carbocycles. The average Bonchev–Trinajstić information content (AvgIpc) is 2.96. The van der Waals surface area contributed by atoms with Crippen LogP contribution in [-0.2, 0) is 11.3 Å². The van der Waals surface area contributed by atoms with Crippen molar-refractivity contribution in [3.63, 3.8) is 0 Å². The SMILES string of the molecule is O=C1CCC(NCc2nnnn2-c2ccccc2)CN1. The normalized spacial score (nSPS) is 18.8. The molecule has 1 saturated heterocycles. The fourth-order valence-electron chi connectivity index (χ4n) is 2.23. The molecule has 20 heavy (non-hydrogen) atoms. The van der Waals surface area contributed by atoms with E-state index in [1.807, 2.05) is 30.3 Å². The fraction of sp³-hybridized carbons (Fsp3) is 0.385. The van der Waals surface area contributed by atoms with Crippen LogP contribution in [0, 0.1) is 0 Å². The average molecular weight is 272 g/mol. The lowest BCUT2D eigenvalue weighted by atomic mass is 10.1. The molecule has 1 unspecified atom stereocenters. The molecule has 7 nitrogen and oxygen atoms in total. The van der Waals surface area contributed by atoms with Crippen LogP contribution in [0.3, 0.4) is 0 Å². The highest BCUT2D eigenvalue weighted by Gasteiger charge is 2.18. The molecule has 104 valence electrons. The van der Waals surface area contributed by atoms with Crippen LogP contribution in [0.15, 0.2) is 30.3 Å². The quantitative estimate of drug-likeness (QED) is 0.820. The van der Waals surface area contributed by atoms with Gasteiger partial charge < -0.3 is 10.6 Å². The summed E-state index contributed by atoms with van der Waals surface area (Å²) in [5.41, 5.74) is 0.936. The van der Waals surface area contributed by atoms with Gasteiger partial charge in [0, 0.05) is 19.0 Å². The van der Waals surface area contributed by atoms with Crippen molar-refractivity contribution in [2.75, 3.05) is 6.54 Å². The number of nitrogens with one attached hydrogen (secondary N) is 2. The van der Waals surface area contributed by atoms with E-state index >= 15 is 0 Å². The second kappa shape index (κ2) is 5.79. The third-order valence-electron chi connectivity index (χ3n) is 3.35. The Kier molecular flexibility index (Phi) is 3.69. The molecule has 1 fully saturated rings. The van der Waals surface area contributed by atoms with Gasteiger partial charge in [0.15, 0.2) is 5.82 Å². The molecule has 0 radical (unpaired) electrons. The standard InChI is InChI=1S/C13H16N6O/c20-13-7-6-10(8-15-13)14-9-12-16-17-18-19(12)11-4-2-1-3-5-11/h1-5,10,14H,6-9H2,(H,15,20). The maximum atomic E-state index is 11.1. The Labute approximate surface area is 116 Å². The van der Waals surface area contributed by atoms with E-state index in [0.717, 1.165) is 17.9 Å². The van der Waals surface area contributed by atoms with Crippen LogP contribution in [0.4, 0.5) is 0 Å². The summed E-state index contributed by atoms with van der Waals surface area (Å²) in [7, 11) is 0. The molecule has 0 aliphatic carbocycles. The molecule has 1 atom stereocenters. The van der Waals surface area contributed by atoms with Crippen molar-refractivity contribution in [2.45, 2.75) is 25.4 Å². The van der Waals surface area contributed by atoms with Crippen molar-refractivity contribution in [1.82, 2.24) is 30.8 Å². The number of piperidine rings is 1. The Bertz CT molecular complexity index is 572. The number of para-hydroxylation sites is 1. The Morgan fingerprint density at radius 2 is 2.20 bits per heavy atom. The van der Waals surface area contributed by atoms with E-state index in [1.165, 1.54) is 0 Å². The summed E-state index contributed by atoms with van der Waals surface area (Å²) < 4.78 is 1.72. The summed E-state index contributed by atoms with van der Waals surface area (Å²) in [5.74, 6) is 0.880. The van der Waals surface area contributed by atoms with E-state index < -0.39 is 0 Å². The van der Waals surface area contributed by atoms with Gasteiger partial charge in [-0.2, -0.15) is 4.68 Å². The number of hydrogen-bond acceptors (Lipinski definition) is 5. The molecule has 1 amide bonds. The number of nitrogens with zero attached hydrogens (tertiary/aromatic N) is 4. The number of amides is 1. The number of tetrazole rings is 1. The van der Waals surface area contributed by atoms with Crippen LogP contribution in [0.25, 0.3) is 5.69 Å². The van der Waals surface area contributed by atoms with Gasteiger partial charge in [0.1, 0.15) is 0 Å². The molecule has 0 saturated carbocycles. The summed E-state index contributed by atoms with van der Waals surface area (Å²) in [6.45, 7) is 1.23. The first-order chi connectivity index (χ1) is 9.83. The number of aromatic nitrogens is 4. The molecule has 7 heteroatoms. The molecule has 0 bridgehead atoms. The lowest BCUT2D eigenvalue weighted by molar-refractivity contribution is -0.122. The maximum absolute atomic E-state index is 11.1. The zero-order chi connectivity index (χ0) is 13.8. The second-order valence-corrected chi connectivity index (χ2v) is 4.76. The van der Waals surface area contributed by atoms with Gasteiger partial charge in [0.2, 0.25) is 5.91 Å². The molecule has 2 aromatic rings. The van der Waals surface area contributed by atoms with Crippen LogP contribution in [0.1, 0.15) is 18.7 Å². The van der Waals surface area contributed by atoms with Crippen molar-refractivity contribution in [3.05, 3.63) is 36.2 Å². The first-order valence-electron chi connectivity index (χ1n) is 6.66. The minimum Gasteiger partial charge on any atom is -0.355 e. The van der Waals surface area contributed by atoms with Crippen molar-refractivity contribution in [2.24, 2.45) is 0 Å². The number of benzene rings is 1. The van der Waals surface area contributed by atoms with Gasteiger partial charge in [-0.05, 0) is 29.0 Å². The van der Waals surface area contributed by atoms with Gasteiger partial charge >= 0.3 is 0 Å². The van der Waals surface area contributed by atoms with Crippen LogP contribution in [-0.4, -0.2) is 38.7 Å². The Hall–Kier alpha value is -2.28. The van der Waals surface area contributed by atoms with Gasteiger partial charge in [0.25, 0.3) is 0 Å². The zero-order valence-electron chi connectivity index (χ0n) is 11.0. The van der Waals surface area contributed by atoms with Crippen LogP contribution < -0.4 is 10.6 Å². The van der Waals surface area contributed by atoms with Crippen molar-refractivity contribution >= 4 is 5.91 Å². The van der Waals surface area contributed by atoms with Crippen molar-refractivity contribution in [1.29, 1.82) is 0 Å². The van der Waals surface area contributed by atoms with Crippen LogP contribution in [0.5, 0.6) is 0 Å². The van der Waals surface area contributed by atoms with Gasteiger partial charge in [-0.1, -0.05) is 18.2 Å². The number of carbonyl (C=O) groups excluding carboxylic acids is 1. The molecule has 2 heterocycles. The molecular weight excluding hydrogens is 256 g/mol. The Morgan fingerprint density at radius 3 is 2.95 bits per heavy atom. The van der Waals surface area contributed by atoms with Gasteiger partial charge in [0.05, 0.1) is 12.2 Å². The van der Waals surface area contributed by atoms with Gasteiger partial charge in [-0.15, -0.1) is 5.10 Å². The maximum Gasteiger partial charge on any atom is 0.220 e. The molecule has 1 aliphatic rings. The summed E-state index contributed by atoms with van der Waals surface area (Å²) in [4.78, 5) is 11.1. The molecule has 1 aromatic heterocycles. The zero-order valence-corrected chi connectivity index (χ0v) is 11.0. The van der Waals surface area contributed by atoms with E-state index in [4.69, 9.17) is 0 Å². The third-order valence-corrected chi connectivity index (χ3v) is 3.35. The number of hydrogen-bond donors (Lipinski definition) is 2. The second-order valence-electron chi connectivity index (χ2n) is 4.76.